The molecule has 182 valence electrons. The second kappa shape index (κ2) is 11.7. The van der Waals surface area contributed by atoms with Gasteiger partial charge in [-0.2, -0.15) is 0 Å². The maximum atomic E-state index is 13.0. The van der Waals surface area contributed by atoms with Crippen LogP contribution in [0, 0.1) is 17.8 Å². The summed E-state index contributed by atoms with van der Waals surface area (Å²) < 4.78 is 5.70. The Hall–Kier alpha value is -2.64. The molecule has 3 N–H and O–H groups in total. The SMILES string of the molecule is CC(C)C[C@H](CC(=O)OCC1c2ccccc2-c2ccccc21)C(=O)N[C@@H](CC(C)C)B(O)O. The van der Waals surface area contributed by atoms with Crippen molar-refractivity contribution in [3.05, 3.63) is 59.7 Å². The fraction of sp³-hybridized carbons (Fsp3) is 0.481. The molecule has 7 heteroatoms. The predicted molar refractivity (Wildman–Crippen MR) is 134 cm³/mol. The van der Waals surface area contributed by atoms with Crippen molar-refractivity contribution in [2.24, 2.45) is 17.8 Å². The molecule has 34 heavy (non-hydrogen) atoms. The number of esters is 1. The van der Waals surface area contributed by atoms with E-state index in [9.17, 15) is 19.6 Å². The fourth-order valence-electron chi connectivity index (χ4n) is 4.79. The van der Waals surface area contributed by atoms with Crippen LogP contribution in [0.5, 0.6) is 0 Å². The zero-order valence-corrected chi connectivity index (χ0v) is 20.5. The normalized spacial score (nSPS) is 14.5. The van der Waals surface area contributed by atoms with Gasteiger partial charge in [-0.05, 0) is 46.9 Å². The third kappa shape index (κ3) is 6.48. The van der Waals surface area contributed by atoms with Crippen LogP contribution in [-0.2, 0) is 14.3 Å². The van der Waals surface area contributed by atoms with Crippen LogP contribution in [-0.4, -0.2) is 41.6 Å². The van der Waals surface area contributed by atoms with Crippen LogP contribution in [0.15, 0.2) is 48.5 Å². The van der Waals surface area contributed by atoms with Crippen LogP contribution < -0.4 is 5.32 Å². The van der Waals surface area contributed by atoms with Crippen molar-refractivity contribution in [2.75, 3.05) is 6.61 Å². The maximum Gasteiger partial charge on any atom is 0.475 e. The molecule has 0 bridgehead atoms. The van der Waals surface area contributed by atoms with E-state index in [1.807, 2.05) is 52.0 Å². The molecule has 2 aromatic carbocycles. The Balaban J connectivity index is 1.66. The van der Waals surface area contributed by atoms with Gasteiger partial charge in [0.2, 0.25) is 5.91 Å². The van der Waals surface area contributed by atoms with E-state index in [4.69, 9.17) is 4.74 Å². The van der Waals surface area contributed by atoms with Crippen molar-refractivity contribution in [1.29, 1.82) is 0 Å². The van der Waals surface area contributed by atoms with Gasteiger partial charge in [0.15, 0.2) is 0 Å². The minimum atomic E-state index is -1.65. The quantitative estimate of drug-likeness (QED) is 0.345. The van der Waals surface area contributed by atoms with Gasteiger partial charge in [-0.3, -0.25) is 9.59 Å². The Morgan fingerprint density at radius 2 is 1.44 bits per heavy atom. The lowest BCUT2D eigenvalue weighted by Gasteiger charge is -2.24. The summed E-state index contributed by atoms with van der Waals surface area (Å²) in [4.78, 5) is 25.8. The summed E-state index contributed by atoms with van der Waals surface area (Å²) in [6.45, 7) is 8.09. The van der Waals surface area contributed by atoms with E-state index in [2.05, 4.69) is 29.6 Å². The molecule has 0 aliphatic heterocycles. The number of nitrogens with one attached hydrogen (secondary N) is 1. The second-order valence-electron chi connectivity index (χ2n) is 10.1. The lowest BCUT2D eigenvalue weighted by atomic mass is 9.74. The maximum absolute atomic E-state index is 13.0. The van der Waals surface area contributed by atoms with Gasteiger partial charge in [-0.1, -0.05) is 76.2 Å². The molecular weight excluding hydrogens is 429 g/mol. The zero-order chi connectivity index (χ0) is 24.8. The average Bonchev–Trinajstić information content (AvgIpc) is 3.10. The summed E-state index contributed by atoms with van der Waals surface area (Å²) in [6, 6.07) is 16.3. The highest BCUT2D eigenvalue weighted by molar-refractivity contribution is 6.43. The molecule has 1 aliphatic carbocycles. The van der Waals surface area contributed by atoms with Crippen molar-refractivity contribution in [3.8, 4) is 11.1 Å². The molecule has 0 saturated heterocycles. The number of rotatable bonds is 11. The van der Waals surface area contributed by atoms with Crippen LogP contribution in [0.25, 0.3) is 11.1 Å². The standard InChI is InChI=1S/C27H36BNO5/c1-17(2)13-19(27(31)29-25(28(32)33)14-18(3)4)15-26(30)34-16-24-22-11-7-5-9-20(22)21-10-6-8-12-23(21)24/h5-12,17-19,24-25,32-33H,13-16H2,1-4H3,(H,29,31)/t19-,25+/m1/s1. The van der Waals surface area contributed by atoms with E-state index < -0.39 is 24.9 Å². The lowest BCUT2D eigenvalue weighted by Crippen LogP contribution is -2.49. The molecule has 2 atom stereocenters. The first-order valence-corrected chi connectivity index (χ1v) is 12.2. The molecular formula is C27H36BNO5. The van der Waals surface area contributed by atoms with E-state index >= 15 is 0 Å². The Labute approximate surface area is 202 Å². The van der Waals surface area contributed by atoms with E-state index in [1.54, 1.807) is 0 Å². The van der Waals surface area contributed by atoms with Gasteiger partial charge in [0.05, 0.1) is 12.4 Å². The molecule has 0 fully saturated rings. The van der Waals surface area contributed by atoms with E-state index in [1.165, 1.54) is 0 Å². The first-order valence-electron chi connectivity index (χ1n) is 12.2. The summed E-state index contributed by atoms with van der Waals surface area (Å²) >= 11 is 0. The molecule has 0 aromatic heterocycles. The van der Waals surface area contributed by atoms with Gasteiger partial charge in [-0.15, -0.1) is 0 Å². The van der Waals surface area contributed by atoms with Gasteiger partial charge in [0, 0.05) is 11.8 Å². The smallest absolute Gasteiger partial charge is 0.465 e. The number of carbonyl (C=O) groups is 2. The first-order chi connectivity index (χ1) is 16.2. The average molecular weight is 465 g/mol. The van der Waals surface area contributed by atoms with Crippen LogP contribution >= 0.6 is 0 Å². The van der Waals surface area contributed by atoms with Crippen LogP contribution in [0.1, 0.15) is 64.0 Å². The molecule has 0 spiro atoms. The Morgan fingerprint density at radius 3 is 1.94 bits per heavy atom. The Kier molecular flexibility index (Phi) is 8.92. The highest BCUT2D eigenvalue weighted by Crippen LogP contribution is 2.44. The number of hydrogen-bond donors (Lipinski definition) is 3. The topological polar surface area (TPSA) is 95.9 Å². The summed E-state index contributed by atoms with van der Waals surface area (Å²) in [5.74, 6) is -1.80. The summed E-state index contributed by atoms with van der Waals surface area (Å²) in [5.41, 5.74) is 4.60. The molecule has 6 nitrogen and oxygen atoms in total. The lowest BCUT2D eigenvalue weighted by molar-refractivity contribution is -0.147. The highest BCUT2D eigenvalue weighted by atomic mass is 16.5. The highest BCUT2D eigenvalue weighted by Gasteiger charge is 2.32. The number of benzene rings is 2. The number of fused-ring (bicyclic) bond motifs is 3. The van der Waals surface area contributed by atoms with Crippen molar-refractivity contribution >= 4 is 19.0 Å². The molecule has 3 rings (SSSR count). The monoisotopic (exact) mass is 465 g/mol. The van der Waals surface area contributed by atoms with Crippen LogP contribution in [0.2, 0.25) is 0 Å². The van der Waals surface area contributed by atoms with Gasteiger partial charge < -0.3 is 20.1 Å². The third-order valence-electron chi connectivity index (χ3n) is 6.33. The summed E-state index contributed by atoms with van der Waals surface area (Å²) in [6.07, 6.45) is 0.894. The minimum Gasteiger partial charge on any atom is -0.465 e. The first kappa shape index (κ1) is 26.0. The van der Waals surface area contributed by atoms with Gasteiger partial charge in [0.25, 0.3) is 0 Å². The largest absolute Gasteiger partial charge is 0.475 e. The van der Waals surface area contributed by atoms with Crippen molar-refractivity contribution in [3.63, 3.8) is 0 Å². The molecule has 1 amide bonds. The number of carbonyl (C=O) groups excluding carboxylic acids is 2. The molecule has 0 radical (unpaired) electrons. The van der Waals surface area contributed by atoms with Gasteiger partial charge in [-0.25, -0.2) is 0 Å². The summed E-state index contributed by atoms with van der Waals surface area (Å²) in [5, 5.41) is 22.1. The molecule has 2 aromatic rings. The van der Waals surface area contributed by atoms with Crippen molar-refractivity contribution in [2.45, 2.75) is 58.8 Å². The molecule has 0 unspecified atom stereocenters. The third-order valence-corrected chi connectivity index (χ3v) is 6.33. The van der Waals surface area contributed by atoms with Crippen molar-refractivity contribution in [1.82, 2.24) is 5.32 Å². The fourth-order valence-corrected chi connectivity index (χ4v) is 4.79. The summed E-state index contributed by atoms with van der Waals surface area (Å²) in [7, 11) is -1.65. The molecule has 0 saturated carbocycles. The van der Waals surface area contributed by atoms with Crippen molar-refractivity contribution < 1.29 is 24.4 Å². The molecule has 0 heterocycles. The van der Waals surface area contributed by atoms with E-state index in [0.29, 0.717) is 12.8 Å². The van der Waals surface area contributed by atoms with Crippen LogP contribution in [0.3, 0.4) is 0 Å². The number of ether oxygens (including phenoxy) is 1. The predicted octanol–water partition coefficient (Wildman–Crippen LogP) is 3.94. The Bertz CT molecular complexity index is 945. The second-order valence-corrected chi connectivity index (χ2v) is 10.1. The minimum absolute atomic E-state index is 0.0336. The van der Waals surface area contributed by atoms with E-state index in [-0.39, 0.29) is 36.7 Å². The molecule has 1 aliphatic rings. The van der Waals surface area contributed by atoms with Crippen LogP contribution in [0.4, 0.5) is 0 Å². The number of amides is 1. The zero-order valence-electron chi connectivity index (χ0n) is 20.5. The van der Waals surface area contributed by atoms with Gasteiger partial charge >= 0.3 is 13.1 Å². The van der Waals surface area contributed by atoms with Gasteiger partial charge in [0.1, 0.15) is 6.61 Å². The Morgan fingerprint density at radius 1 is 0.912 bits per heavy atom. The van der Waals surface area contributed by atoms with E-state index in [0.717, 1.165) is 22.3 Å². The number of hydrogen-bond acceptors (Lipinski definition) is 5.